The minimum absolute atomic E-state index is 0. The molecule has 32 heavy (non-hydrogen) atoms. The van der Waals surface area contributed by atoms with Crippen LogP contribution in [0, 0.1) is 5.82 Å². The Hall–Kier alpha value is -1.56. The minimum atomic E-state index is -0.270. The van der Waals surface area contributed by atoms with Crippen molar-refractivity contribution in [1.82, 2.24) is 25.4 Å². The molecule has 1 aromatic carbocycles. The number of aliphatic imine (C=N–C) groups is 1. The fraction of sp³-hybridized carbons (Fsp3) is 0.591. The summed E-state index contributed by atoms with van der Waals surface area (Å²) in [5, 5.41) is 16.5. The van der Waals surface area contributed by atoms with Crippen molar-refractivity contribution in [3.05, 3.63) is 35.9 Å². The monoisotopic (exact) mass is 576 g/mol. The molecule has 1 aliphatic rings. The molecule has 1 unspecified atom stereocenters. The quantitative estimate of drug-likeness (QED) is 0.143. The van der Waals surface area contributed by atoms with Gasteiger partial charge in [-0.05, 0) is 56.7 Å². The lowest BCUT2D eigenvalue weighted by atomic mass is 10.2. The number of aryl methyl sites for hydroxylation is 1. The molecule has 1 heterocycles. The summed E-state index contributed by atoms with van der Waals surface area (Å²) >= 11 is 1.68. The second-order valence-corrected chi connectivity index (χ2v) is 8.55. The first-order valence-electron chi connectivity index (χ1n) is 10.9. The van der Waals surface area contributed by atoms with E-state index in [4.69, 9.17) is 4.74 Å². The maximum absolute atomic E-state index is 13.0. The van der Waals surface area contributed by atoms with E-state index < -0.39 is 0 Å². The summed E-state index contributed by atoms with van der Waals surface area (Å²) in [4.78, 5) is 4.27. The van der Waals surface area contributed by atoms with E-state index in [1.807, 2.05) is 6.92 Å². The first-order chi connectivity index (χ1) is 15.1. The highest BCUT2D eigenvalue weighted by Gasteiger charge is 2.23. The van der Waals surface area contributed by atoms with E-state index in [0.717, 1.165) is 36.3 Å². The van der Waals surface area contributed by atoms with Gasteiger partial charge in [-0.2, -0.15) is 0 Å². The summed E-state index contributed by atoms with van der Waals surface area (Å²) < 4.78 is 21.1. The third-order valence-corrected chi connectivity index (χ3v) is 6.05. The Kier molecular flexibility index (Phi) is 11.6. The maximum atomic E-state index is 13.0. The van der Waals surface area contributed by atoms with Crippen LogP contribution in [-0.4, -0.2) is 53.2 Å². The molecule has 1 atom stereocenters. The number of aromatic nitrogens is 3. The van der Waals surface area contributed by atoms with E-state index in [-0.39, 0.29) is 35.9 Å². The molecule has 0 aliphatic heterocycles. The Morgan fingerprint density at radius 1 is 1.25 bits per heavy atom. The zero-order chi connectivity index (χ0) is 22.1. The fourth-order valence-corrected chi connectivity index (χ4v) is 4.42. The number of rotatable bonds is 10. The van der Waals surface area contributed by atoms with Gasteiger partial charge in [-0.15, -0.1) is 34.2 Å². The molecule has 0 spiro atoms. The molecule has 1 fully saturated rings. The molecule has 1 saturated carbocycles. The van der Waals surface area contributed by atoms with Crippen LogP contribution in [0.1, 0.15) is 50.9 Å². The number of guanidine groups is 1. The summed E-state index contributed by atoms with van der Waals surface area (Å²) in [6, 6.07) is 6.60. The molecular weight excluding hydrogens is 542 g/mol. The molecule has 0 bridgehead atoms. The van der Waals surface area contributed by atoms with Crippen molar-refractivity contribution in [3.63, 3.8) is 0 Å². The Bertz CT molecular complexity index is 841. The van der Waals surface area contributed by atoms with Crippen molar-refractivity contribution in [1.29, 1.82) is 0 Å². The topological polar surface area (TPSA) is 76.4 Å². The van der Waals surface area contributed by atoms with Crippen molar-refractivity contribution in [3.8, 4) is 5.75 Å². The van der Waals surface area contributed by atoms with Crippen molar-refractivity contribution in [2.24, 2.45) is 4.99 Å². The Balaban J connectivity index is 0.00000363. The van der Waals surface area contributed by atoms with Crippen LogP contribution in [0.5, 0.6) is 5.75 Å². The minimum Gasteiger partial charge on any atom is -0.489 e. The second-order valence-electron chi connectivity index (χ2n) is 7.78. The molecule has 2 aromatic rings. The Labute approximate surface area is 211 Å². The lowest BCUT2D eigenvalue weighted by molar-refractivity contribution is 0.223. The third kappa shape index (κ3) is 7.79. The van der Waals surface area contributed by atoms with Gasteiger partial charge >= 0.3 is 0 Å². The van der Waals surface area contributed by atoms with E-state index in [1.165, 1.54) is 37.8 Å². The van der Waals surface area contributed by atoms with E-state index in [9.17, 15) is 4.39 Å². The number of nitrogens with one attached hydrogen (secondary N) is 2. The zero-order valence-corrected chi connectivity index (χ0v) is 22.2. The predicted octanol–water partition coefficient (Wildman–Crippen LogP) is 4.44. The molecule has 3 rings (SSSR count). The Morgan fingerprint density at radius 2 is 1.97 bits per heavy atom. The van der Waals surface area contributed by atoms with Gasteiger partial charge in [0.2, 0.25) is 0 Å². The number of thioether (sulfide) groups is 1. The van der Waals surface area contributed by atoms with Gasteiger partial charge in [0, 0.05) is 26.1 Å². The van der Waals surface area contributed by atoms with Crippen LogP contribution >= 0.6 is 35.7 Å². The van der Waals surface area contributed by atoms with Gasteiger partial charge in [-0.25, -0.2) is 4.39 Å². The normalized spacial score (nSPS) is 15.3. The van der Waals surface area contributed by atoms with E-state index >= 15 is 0 Å². The van der Waals surface area contributed by atoms with Crippen LogP contribution in [0.15, 0.2) is 34.4 Å². The number of hydrogen-bond donors (Lipinski definition) is 2. The smallest absolute Gasteiger partial charge is 0.191 e. The van der Waals surface area contributed by atoms with Crippen LogP contribution in [0.25, 0.3) is 0 Å². The van der Waals surface area contributed by atoms with Gasteiger partial charge in [0.25, 0.3) is 0 Å². The second kappa shape index (κ2) is 13.9. The van der Waals surface area contributed by atoms with E-state index in [2.05, 4.69) is 36.6 Å². The summed E-state index contributed by atoms with van der Waals surface area (Å²) in [6.07, 6.45) is 8.86. The number of halogens is 2. The van der Waals surface area contributed by atoms with Crippen molar-refractivity contribution in [2.45, 2.75) is 62.8 Å². The van der Waals surface area contributed by atoms with Gasteiger partial charge in [-0.3, -0.25) is 4.99 Å². The average Bonchev–Trinajstić information content (AvgIpc) is 3.44. The first-order valence-corrected chi connectivity index (χ1v) is 12.2. The highest BCUT2D eigenvalue weighted by molar-refractivity contribution is 14.0. The van der Waals surface area contributed by atoms with Crippen LogP contribution in [0.3, 0.4) is 0 Å². The average molecular weight is 577 g/mol. The van der Waals surface area contributed by atoms with Crippen LogP contribution in [0.2, 0.25) is 0 Å². The zero-order valence-electron chi connectivity index (χ0n) is 19.0. The molecular formula is C22H34FIN6OS. The standard InChI is InChI=1S/C22H33FN6OS.HI/c1-16(30-19-12-10-17(23)11-13-19)15-26-21(24-2)25-14-6-9-20-27-28-22(31-3)29(20)18-7-4-5-8-18;/h10-13,16,18H,4-9,14-15H2,1-3H3,(H2,24,25,26);1H. The van der Waals surface area contributed by atoms with Gasteiger partial charge in [0.15, 0.2) is 11.1 Å². The van der Waals surface area contributed by atoms with Crippen molar-refractivity contribution >= 4 is 41.7 Å². The molecule has 7 nitrogen and oxygen atoms in total. The first kappa shape index (κ1) is 26.7. The Morgan fingerprint density at radius 3 is 2.62 bits per heavy atom. The van der Waals surface area contributed by atoms with Crippen molar-refractivity contribution < 1.29 is 9.13 Å². The van der Waals surface area contributed by atoms with Crippen LogP contribution in [0.4, 0.5) is 4.39 Å². The van der Waals surface area contributed by atoms with Gasteiger partial charge < -0.3 is 19.9 Å². The third-order valence-electron chi connectivity index (χ3n) is 5.41. The van der Waals surface area contributed by atoms with Crippen LogP contribution in [-0.2, 0) is 6.42 Å². The molecule has 1 aromatic heterocycles. The van der Waals surface area contributed by atoms with E-state index in [1.54, 1.807) is 30.9 Å². The molecule has 0 amide bonds. The SMILES string of the molecule is CN=C(NCCCc1nnc(SC)n1C1CCCC1)NCC(C)Oc1ccc(F)cc1.I. The molecule has 178 valence electrons. The summed E-state index contributed by atoms with van der Waals surface area (Å²) in [5.74, 6) is 2.20. The molecule has 1 aliphatic carbocycles. The van der Waals surface area contributed by atoms with Gasteiger partial charge in [-0.1, -0.05) is 24.6 Å². The van der Waals surface area contributed by atoms with E-state index in [0.29, 0.717) is 18.3 Å². The number of ether oxygens (including phenoxy) is 1. The maximum Gasteiger partial charge on any atom is 0.191 e. The molecule has 0 radical (unpaired) electrons. The largest absolute Gasteiger partial charge is 0.489 e. The summed E-state index contributed by atoms with van der Waals surface area (Å²) in [7, 11) is 1.75. The molecule has 0 saturated heterocycles. The molecule has 10 heteroatoms. The number of hydrogen-bond acceptors (Lipinski definition) is 5. The highest BCUT2D eigenvalue weighted by atomic mass is 127. The van der Waals surface area contributed by atoms with Crippen molar-refractivity contribution in [2.75, 3.05) is 26.4 Å². The van der Waals surface area contributed by atoms with Gasteiger partial charge in [0.1, 0.15) is 23.5 Å². The van der Waals surface area contributed by atoms with Crippen LogP contribution < -0.4 is 15.4 Å². The predicted molar refractivity (Wildman–Crippen MR) is 139 cm³/mol. The van der Waals surface area contributed by atoms with Gasteiger partial charge in [0.05, 0.1) is 6.54 Å². The summed E-state index contributed by atoms with van der Waals surface area (Å²) in [5.41, 5.74) is 0. The highest BCUT2D eigenvalue weighted by Crippen LogP contribution is 2.33. The lowest BCUT2D eigenvalue weighted by Gasteiger charge is -2.18. The number of benzene rings is 1. The fourth-order valence-electron chi connectivity index (χ4n) is 3.85. The molecule has 2 N–H and O–H groups in total. The lowest BCUT2D eigenvalue weighted by Crippen LogP contribution is -2.42. The summed E-state index contributed by atoms with van der Waals surface area (Å²) in [6.45, 7) is 3.34. The number of nitrogens with zero attached hydrogens (tertiary/aromatic N) is 4.